The van der Waals surface area contributed by atoms with Gasteiger partial charge in [0, 0.05) is 11.7 Å². The van der Waals surface area contributed by atoms with Gasteiger partial charge in [0.25, 0.3) is 0 Å². The molecule has 1 aromatic heterocycles. The highest BCUT2D eigenvalue weighted by Gasteiger charge is 2.24. The number of amides is 1. The number of rotatable bonds is 9. The highest BCUT2D eigenvalue weighted by molar-refractivity contribution is 7.99. The van der Waals surface area contributed by atoms with Gasteiger partial charge in [-0.05, 0) is 44.0 Å². The summed E-state index contributed by atoms with van der Waals surface area (Å²) in [5.74, 6) is 0.733. The number of hydrogen-bond acceptors (Lipinski definition) is 4. The molecule has 27 heavy (non-hydrogen) atoms. The molecule has 1 amide bonds. The fourth-order valence-corrected chi connectivity index (χ4v) is 3.41. The van der Waals surface area contributed by atoms with Crippen LogP contribution in [0, 0.1) is 5.82 Å². The van der Waals surface area contributed by atoms with Gasteiger partial charge in [0.15, 0.2) is 11.0 Å². The van der Waals surface area contributed by atoms with Gasteiger partial charge in [0.1, 0.15) is 11.9 Å². The average Bonchev–Trinajstić information content (AvgIpc) is 3.08. The van der Waals surface area contributed by atoms with Crippen LogP contribution in [0.2, 0.25) is 0 Å². The summed E-state index contributed by atoms with van der Waals surface area (Å²) in [5.41, 5.74) is 0.785. The van der Waals surface area contributed by atoms with Gasteiger partial charge in [-0.3, -0.25) is 9.36 Å². The van der Waals surface area contributed by atoms with E-state index >= 15 is 0 Å². The zero-order chi connectivity index (χ0) is 20.0. The molecule has 0 unspecified atom stereocenters. The molecule has 0 bridgehead atoms. The molecule has 148 valence electrons. The van der Waals surface area contributed by atoms with E-state index in [9.17, 15) is 9.18 Å². The summed E-state index contributed by atoms with van der Waals surface area (Å²) >= 11 is 1.34. The van der Waals surface area contributed by atoms with Crippen LogP contribution in [0.4, 0.5) is 4.39 Å². The van der Waals surface area contributed by atoms with E-state index in [-0.39, 0.29) is 29.6 Å². The second-order valence-corrected chi connectivity index (χ2v) is 7.76. The van der Waals surface area contributed by atoms with Crippen molar-refractivity contribution in [1.29, 1.82) is 0 Å². The van der Waals surface area contributed by atoms with Gasteiger partial charge >= 0.3 is 0 Å². The summed E-state index contributed by atoms with van der Waals surface area (Å²) in [6, 6.07) is 6.53. The van der Waals surface area contributed by atoms with E-state index in [1.165, 1.54) is 28.8 Å². The Kier molecular flexibility index (Phi) is 7.79. The molecule has 0 aliphatic heterocycles. The van der Waals surface area contributed by atoms with Crippen molar-refractivity contribution >= 4 is 17.7 Å². The number of thioether (sulfide) groups is 1. The Morgan fingerprint density at radius 2 is 1.85 bits per heavy atom. The highest BCUT2D eigenvalue weighted by Crippen LogP contribution is 2.24. The minimum absolute atomic E-state index is 0.0183. The Morgan fingerprint density at radius 1 is 1.22 bits per heavy atom. The van der Waals surface area contributed by atoms with E-state index in [1.807, 2.05) is 18.7 Å². The molecule has 2 N–H and O–H groups in total. The van der Waals surface area contributed by atoms with Gasteiger partial charge < -0.3 is 10.2 Å². The highest BCUT2D eigenvalue weighted by atomic mass is 32.2. The van der Waals surface area contributed by atoms with Crippen LogP contribution < -0.4 is 10.2 Å². The van der Waals surface area contributed by atoms with Crippen LogP contribution >= 0.6 is 11.8 Å². The molecule has 0 aliphatic carbocycles. The fraction of sp³-hybridized carbons (Fsp3) is 0.526. The number of hydrogen-bond donors (Lipinski definition) is 2. The van der Waals surface area contributed by atoms with Crippen LogP contribution in [0.5, 0.6) is 0 Å². The molecule has 0 radical (unpaired) electrons. The Hall–Kier alpha value is -1.93. The van der Waals surface area contributed by atoms with Crippen molar-refractivity contribution in [1.82, 2.24) is 20.1 Å². The van der Waals surface area contributed by atoms with Crippen LogP contribution in [0.15, 0.2) is 29.4 Å². The predicted molar refractivity (Wildman–Crippen MR) is 106 cm³/mol. The van der Waals surface area contributed by atoms with E-state index in [0.717, 1.165) is 24.4 Å². The summed E-state index contributed by atoms with van der Waals surface area (Å²) < 4.78 is 15.3. The normalized spacial score (nSPS) is 12.6. The molecular weight excluding hydrogens is 365 g/mol. The van der Waals surface area contributed by atoms with E-state index in [0.29, 0.717) is 5.16 Å². The molecule has 1 heterocycles. The van der Waals surface area contributed by atoms with Crippen LogP contribution in [0.1, 0.15) is 45.5 Å². The zero-order valence-electron chi connectivity index (χ0n) is 16.6. The van der Waals surface area contributed by atoms with Crippen LogP contribution in [-0.2, 0) is 4.79 Å². The van der Waals surface area contributed by atoms with Crippen molar-refractivity contribution in [3.05, 3.63) is 35.9 Å². The van der Waals surface area contributed by atoms with Gasteiger partial charge in [-0.1, -0.05) is 25.6 Å². The standard InChI is InChI=1S/C19H28FN5OS/c1-6-15(7-2)21-17(26)12-27-19-23-22-18(13(3)24(4)5)25(19)16-10-8-14(20)9-11-16/h8-11,13,15H,6-7,12H2,1-5H3,(H,21,26)/p+1/t13-/m1/s1. The van der Waals surface area contributed by atoms with Crippen molar-refractivity contribution < 1.29 is 14.1 Å². The molecule has 1 atom stereocenters. The van der Waals surface area contributed by atoms with Gasteiger partial charge in [0.2, 0.25) is 5.91 Å². The maximum atomic E-state index is 13.4. The molecule has 1 aromatic carbocycles. The SMILES string of the molecule is CCC(CC)NC(=O)CSc1nnc([C@@H](C)[NH+](C)C)n1-c1ccc(F)cc1. The molecule has 6 nitrogen and oxygen atoms in total. The van der Waals surface area contributed by atoms with Crippen molar-refractivity contribution in [3.63, 3.8) is 0 Å². The maximum Gasteiger partial charge on any atom is 0.230 e. The van der Waals surface area contributed by atoms with Crippen molar-refractivity contribution in [2.24, 2.45) is 0 Å². The first-order valence-corrected chi connectivity index (χ1v) is 10.3. The quantitative estimate of drug-likeness (QED) is 0.639. The zero-order valence-corrected chi connectivity index (χ0v) is 17.4. The Bertz CT molecular complexity index is 743. The van der Waals surface area contributed by atoms with Crippen molar-refractivity contribution in [2.75, 3.05) is 19.8 Å². The van der Waals surface area contributed by atoms with E-state index in [4.69, 9.17) is 0 Å². The maximum absolute atomic E-state index is 13.4. The molecule has 0 fully saturated rings. The van der Waals surface area contributed by atoms with E-state index < -0.39 is 0 Å². The summed E-state index contributed by atoms with van der Waals surface area (Å²) in [6.45, 7) is 6.18. The van der Waals surface area contributed by atoms with Crippen molar-refractivity contribution in [3.8, 4) is 5.69 Å². The Labute approximate surface area is 164 Å². The van der Waals surface area contributed by atoms with Crippen LogP contribution in [0.3, 0.4) is 0 Å². The van der Waals surface area contributed by atoms with E-state index in [1.54, 1.807) is 12.1 Å². The molecule has 8 heteroatoms. The lowest BCUT2D eigenvalue weighted by Crippen LogP contribution is -3.05. The third-order valence-corrected chi connectivity index (χ3v) is 5.61. The number of nitrogens with zero attached hydrogens (tertiary/aromatic N) is 3. The Balaban J connectivity index is 2.25. The second-order valence-electron chi connectivity index (χ2n) is 6.82. The molecule has 0 aliphatic rings. The summed E-state index contributed by atoms with van der Waals surface area (Å²) in [7, 11) is 4.09. The van der Waals surface area contributed by atoms with Gasteiger partial charge in [-0.15, -0.1) is 10.2 Å². The smallest absolute Gasteiger partial charge is 0.230 e. The van der Waals surface area contributed by atoms with Crippen molar-refractivity contribution in [2.45, 2.75) is 50.9 Å². The first-order chi connectivity index (χ1) is 12.9. The van der Waals surface area contributed by atoms with Gasteiger partial charge in [-0.2, -0.15) is 0 Å². The summed E-state index contributed by atoms with van der Waals surface area (Å²) in [6.07, 6.45) is 1.82. The monoisotopic (exact) mass is 394 g/mol. The fourth-order valence-electron chi connectivity index (χ4n) is 2.64. The largest absolute Gasteiger partial charge is 0.353 e. The second kappa shape index (κ2) is 9.85. The lowest BCUT2D eigenvalue weighted by atomic mass is 10.2. The third-order valence-electron chi connectivity index (χ3n) is 4.68. The molecule has 0 saturated carbocycles. The molecule has 0 saturated heterocycles. The minimum Gasteiger partial charge on any atom is -0.353 e. The van der Waals surface area contributed by atoms with Gasteiger partial charge in [-0.25, -0.2) is 4.39 Å². The summed E-state index contributed by atoms with van der Waals surface area (Å²) in [5, 5.41) is 12.3. The number of carbonyl (C=O) groups excluding carboxylic acids is 1. The number of nitrogens with one attached hydrogen (secondary N) is 2. The number of aromatic nitrogens is 3. The lowest BCUT2D eigenvalue weighted by Gasteiger charge is -2.18. The molecule has 0 spiro atoms. The number of carbonyl (C=O) groups is 1. The van der Waals surface area contributed by atoms with Crippen LogP contribution in [0.25, 0.3) is 5.69 Å². The Morgan fingerprint density at radius 3 is 2.41 bits per heavy atom. The summed E-state index contributed by atoms with van der Waals surface area (Å²) in [4.78, 5) is 13.4. The predicted octanol–water partition coefficient (Wildman–Crippen LogP) is 2.01. The number of quaternary nitrogens is 1. The number of halogens is 1. The molecule has 2 aromatic rings. The first kappa shape index (κ1) is 21.4. The minimum atomic E-state index is -0.293. The van der Waals surface area contributed by atoms with Crippen LogP contribution in [-0.4, -0.2) is 46.6 Å². The van der Waals surface area contributed by atoms with Gasteiger partial charge in [0.05, 0.1) is 19.8 Å². The van der Waals surface area contributed by atoms with E-state index in [2.05, 4.69) is 36.3 Å². The average molecular weight is 395 g/mol. The molecular formula is C19H29FN5OS+. The topological polar surface area (TPSA) is 64.2 Å². The lowest BCUT2D eigenvalue weighted by molar-refractivity contribution is -0.890. The number of benzene rings is 1. The first-order valence-electron chi connectivity index (χ1n) is 9.30. The third kappa shape index (κ3) is 5.52. The molecule has 2 rings (SSSR count).